The zero-order valence-corrected chi connectivity index (χ0v) is 8.49. The van der Waals surface area contributed by atoms with Crippen molar-refractivity contribution in [3.05, 3.63) is 18.3 Å². The number of nitrogens with zero attached hydrogens (tertiary/aromatic N) is 2. The van der Waals surface area contributed by atoms with Crippen molar-refractivity contribution in [2.24, 2.45) is 5.92 Å². The molecule has 1 heterocycles. The van der Waals surface area contributed by atoms with Gasteiger partial charge in [-0.25, -0.2) is 0 Å². The zero-order chi connectivity index (χ0) is 9.68. The minimum absolute atomic E-state index is 0.483. The van der Waals surface area contributed by atoms with Gasteiger partial charge >= 0.3 is 0 Å². The van der Waals surface area contributed by atoms with E-state index in [1.54, 1.807) is 6.20 Å². The summed E-state index contributed by atoms with van der Waals surface area (Å²) in [6.45, 7) is 6.59. The fourth-order valence-corrected chi connectivity index (χ4v) is 1.31. The lowest BCUT2D eigenvalue weighted by Crippen LogP contribution is -2.25. The first kappa shape index (κ1) is 9.96. The van der Waals surface area contributed by atoms with Gasteiger partial charge in [-0.05, 0) is 24.5 Å². The van der Waals surface area contributed by atoms with Gasteiger partial charge in [-0.3, -0.25) is 0 Å². The van der Waals surface area contributed by atoms with Crippen LogP contribution in [0.25, 0.3) is 0 Å². The van der Waals surface area contributed by atoms with Crippen LogP contribution in [0.1, 0.15) is 27.2 Å². The normalized spacial score (nSPS) is 12.9. The molecule has 1 aromatic rings. The van der Waals surface area contributed by atoms with E-state index in [1.807, 2.05) is 12.1 Å². The predicted molar refractivity (Wildman–Crippen MR) is 54.6 cm³/mol. The van der Waals surface area contributed by atoms with Gasteiger partial charge in [-0.15, -0.1) is 5.10 Å². The van der Waals surface area contributed by atoms with E-state index in [0.717, 1.165) is 12.2 Å². The lowest BCUT2D eigenvalue weighted by molar-refractivity contribution is 0.509. The summed E-state index contributed by atoms with van der Waals surface area (Å²) >= 11 is 0. The summed E-state index contributed by atoms with van der Waals surface area (Å²) in [5.74, 6) is 1.48. The molecule has 3 heteroatoms. The summed E-state index contributed by atoms with van der Waals surface area (Å²) < 4.78 is 0. The van der Waals surface area contributed by atoms with Crippen molar-refractivity contribution in [3.63, 3.8) is 0 Å². The Bertz CT molecular complexity index is 233. The standard InChI is InChI=1S/C10H17N3/c1-4-9(8(2)3)12-10-6-5-7-11-13-10/h5-9H,4H2,1-3H3,(H,12,13). The van der Waals surface area contributed by atoms with Gasteiger partial charge in [0, 0.05) is 12.2 Å². The number of nitrogens with one attached hydrogen (secondary N) is 1. The first-order valence-corrected chi connectivity index (χ1v) is 4.78. The highest BCUT2D eigenvalue weighted by Crippen LogP contribution is 2.11. The monoisotopic (exact) mass is 179 g/mol. The topological polar surface area (TPSA) is 37.8 Å². The number of hydrogen-bond acceptors (Lipinski definition) is 3. The average Bonchev–Trinajstić information content (AvgIpc) is 2.15. The zero-order valence-electron chi connectivity index (χ0n) is 8.49. The Balaban J connectivity index is 2.57. The average molecular weight is 179 g/mol. The Morgan fingerprint density at radius 1 is 1.46 bits per heavy atom. The largest absolute Gasteiger partial charge is 0.366 e. The van der Waals surface area contributed by atoms with Gasteiger partial charge in [0.05, 0.1) is 0 Å². The molecule has 13 heavy (non-hydrogen) atoms. The second-order valence-electron chi connectivity index (χ2n) is 3.51. The highest BCUT2D eigenvalue weighted by molar-refractivity contribution is 5.32. The molecule has 1 aromatic heterocycles. The molecule has 0 spiro atoms. The van der Waals surface area contributed by atoms with Crippen LogP contribution in [0, 0.1) is 5.92 Å². The summed E-state index contributed by atoms with van der Waals surface area (Å²) in [6.07, 6.45) is 2.79. The number of hydrogen-bond donors (Lipinski definition) is 1. The molecule has 0 bridgehead atoms. The maximum Gasteiger partial charge on any atom is 0.148 e. The first-order chi connectivity index (χ1) is 6.24. The molecular formula is C10H17N3. The summed E-state index contributed by atoms with van der Waals surface area (Å²) in [6, 6.07) is 4.32. The third kappa shape index (κ3) is 3.01. The van der Waals surface area contributed by atoms with Crippen LogP contribution in [0.2, 0.25) is 0 Å². The van der Waals surface area contributed by atoms with Crippen LogP contribution in [-0.2, 0) is 0 Å². The summed E-state index contributed by atoms with van der Waals surface area (Å²) in [5, 5.41) is 11.2. The fraction of sp³-hybridized carbons (Fsp3) is 0.600. The van der Waals surface area contributed by atoms with Crippen LogP contribution >= 0.6 is 0 Å². The highest BCUT2D eigenvalue weighted by atomic mass is 15.2. The van der Waals surface area contributed by atoms with Crippen LogP contribution < -0.4 is 5.32 Å². The Morgan fingerprint density at radius 2 is 2.23 bits per heavy atom. The van der Waals surface area contributed by atoms with Gasteiger partial charge in [0.2, 0.25) is 0 Å². The minimum atomic E-state index is 0.483. The van der Waals surface area contributed by atoms with Crippen molar-refractivity contribution in [3.8, 4) is 0 Å². The van der Waals surface area contributed by atoms with Crippen molar-refractivity contribution in [2.45, 2.75) is 33.2 Å². The third-order valence-corrected chi connectivity index (χ3v) is 2.15. The molecule has 0 saturated carbocycles. The molecule has 0 amide bonds. The van der Waals surface area contributed by atoms with E-state index in [4.69, 9.17) is 0 Å². The Hall–Kier alpha value is -1.12. The van der Waals surface area contributed by atoms with Crippen LogP contribution in [-0.4, -0.2) is 16.2 Å². The number of anilines is 1. The molecule has 0 radical (unpaired) electrons. The molecule has 0 fully saturated rings. The van der Waals surface area contributed by atoms with E-state index >= 15 is 0 Å². The van der Waals surface area contributed by atoms with Gasteiger partial charge in [0.25, 0.3) is 0 Å². The lowest BCUT2D eigenvalue weighted by Gasteiger charge is -2.20. The van der Waals surface area contributed by atoms with E-state index in [9.17, 15) is 0 Å². The van der Waals surface area contributed by atoms with Crippen LogP contribution in [0.4, 0.5) is 5.82 Å². The van der Waals surface area contributed by atoms with E-state index in [1.165, 1.54) is 0 Å². The Morgan fingerprint density at radius 3 is 2.69 bits per heavy atom. The van der Waals surface area contributed by atoms with Crippen LogP contribution in [0.15, 0.2) is 18.3 Å². The molecule has 3 nitrogen and oxygen atoms in total. The van der Waals surface area contributed by atoms with E-state index in [-0.39, 0.29) is 0 Å². The molecule has 72 valence electrons. The van der Waals surface area contributed by atoms with Crippen molar-refractivity contribution < 1.29 is 0 Å². The molecule has 1 rings (SSSR count). The highest BCUT2D eigenvalue weighted by Gasteiger charge is 2.10. The van der Waals surface area contributed by atoms with Crippen molar-refractivity contribution in [1.82, 2.24) is 10.2 Å². The van der Waals surface area contributed by atoms with E-state index in [2.05, 4.69) is 36.3 Å². The lowest BCUT2D eigenvalue weighted by atomic mass is 10.0. The third-order valence-electron chi connectivity index (χ3n) is 2.15. The molecule has 1 atom stereocenters. The Kier molecular flexibility index (Phi) is 3.68. The molecule has 1 N–H and O–H groups in total. The van der Waals surface area contributed by atoms with Crippen LogP contribution in [0.3, 0.4) is 0 Å². The van der Waals surface area contributed by atoms with Gasteiger partial charge in [0.15, 0.2) is 0 Å². The molecule has 0 aromatic carbocycles. The van der Waals surface area contributed by atoms with E-state index < -0.39 is 0 Å². The second-order valence-corrected chi connectivity index (χ2v) is 3.51. The van der Waals surface area contributed by atoms with Gasteiger partial charge in [-0.1, -0.05) is 20.8 Å². The molecule has 0 aliphatic heterocycles. The molecule has 0 aliphatic rings. The molecular weight excluding hydrogens is 162 g/mol. The van der Waals surface area contributed by atoms with E-state index in [0.29, 0.717) is 12.0 Å². The maximum atomic E-state index is 3.99. The number of rotatable bonds is 4. The summed E-state index contributed by atoms with van der Waals surface area (Å²) in [4.78, 5) is 0. The first-order valence-electron chi connectivity index (χ1n) is 4.78. The van der Waals surface area contributed by atoms with Gasteiger partial charge < -0.3 is 5.32 Å². The smallest absolute Gasteiger partial charge is 0.148 e. The van der Waals surface area contributed by atoms with Crippen molar-refractivity contribution >= 4 is 5.82 Å². The maximum absolute atomic E-state index is 3.99. The SMILES string of the molecule is CCC(Nc1cccnn1)C(C)C. The summed E-state index contributed by atoms with van der Waals surface area (Å²) in [5.41, 5.74) is 0. The van der Waals surface area contributed by atoms with Gasteiger partial charge in [-0.2, -0.15) is 5.10 Å². The van der Waals surface area contributed by atoms with Crippen molar-refractivity contribution in [2.75, 3.05) is 5.32 Å². The van der Waals surface area contributed by atoms with Gasteiger partial charge in [0.1, 0.15) is 5.82 Å². The molecule has 0 aliphatic carbocycles. The fourth-order valence-electron chi connectivity index (χ4n) is 1.31. The molecule has 0 saturated heterocycles. The van der Waals surface area contributed by atoms with Crippen LogP contribution in [0.5, 0.6) is 0 Å². The number of aromatic nitrogens is 2. The second kappa shape index (κ2) is 4.80. The quantitative estimate of drug-likeness (QED) is 0.770. The Labute approximate surface area is 79.6 Å². The minimum Gasteiger partial charge on any atom is -0.366 e. The summed E-state index contributed by atoms with van der Waals surface area (Å²) in [7, 11) is 0. The molecule has 1 unspecified atom stereocenters. The van der Waals surface area contributed by atoms with Crippen molar-refractivity contribution in [1.29, 1.82) is 0 Å². The predicted octanol–water partition coefficient (Wildman–Crippen LogP) is 2.32.